The van der Waals surface area contributed by atoms with E-state index in [-0.39, 0.29) is 11.3 Å². The minimum atomic E-state index is -3.01. The Morgan fingerprint density at radius 3 is 2.38 bits per heavy atom. The molecular weight excluding hydrogens is 222 g/mol. The minimum Gasteiger partial charge on any atom is -0.287 e. The highest BCUT2D eigenvalue weighted by Crippen LogP contribution is 2.27. The average molecular weight is 243 g/mol. The summed E-state index contributed by atoms with van der Waals surface area (Å²) in [4.78, 5) is 2.08. The van der Waals surface area contributed by atoms with E-state index >= 15 is 0 Å². The van der Waals surface area contributed by atoms with Gasteiger partial charge in [-0.05, 0) is 34.1 Å². The van der Waals surface area contributed by atoms with Crippen LogP contribution in [0.2, 0.25) is 0 Å². The normalized spacial score (nSPS) is 25.7. The number of hydrogen-bond acceptors (Lipinski definition) is 3. The van der Waals surface area contributed by atoms with Crippen molar-refractivity contribution >= 4 is 9.84 Å². The highest BCUT2D eigenvalue weighted by Gasteiger charge is 2.39. The van der Waals surface area contributed by atoms with Crippen LogP contribution in [0.25, 0.3) is 0 Å². The predicted octanol–water partition coefficient (Wildman–Crippen LogP) is 1.30. The van der Waals surface area contributed by atoms with E-state index in [9.17, 15) is 8.42 Å². The quantitative estimate of drug-likeness (QED) is 0.651. The Hall–Kier alpha value is -0.530. The van der Waals surface area contributed by atoms with Gasteiger partial charge in [0.25, 0.3) is 0 Å². The van der Waals surface area contributed by atoms with Crippen molar-refractivity contribution in [2.45, 2.75) is 44.4 Å². The van der Waals surface area contributed by atoms with Gasteiger partial charge in [0.05, 0.1) is 16.0 Å². The van der Waals surface area contributed by atoms with Crippen LogP contribution in [-0.4, -0.2) is 42.4 Å². The molecule has 1 rings (SSSR count). The fourth-order valence-corrected chi connectivity index (χ4v) is 3.24. The summed E-state index contributed by atoms with van der Waals surface area (Å²) in [5.74, 6) is 2.92. The second-order valence-corrected chi connectivity index (χ2v) is 8.26. The summed E-state index contributed by atoms with van der Waals surface area (Å²) < 4.78 is 23.4. The van der Waals surface area contributed by atoms with E-state index in [1.807, 2.05) is 13.8 Å². The summed E-state index contributed by atoms with van der Waals surface area (Å²) in [5.41, 5.74) is -0.365. The van der Waals surface area contributed by atoms with Crippen molar-refractivity contribution < 1.29 is 8.42 Å². The predicted molar refractivity (Wildman–Crippen MR) is 67.0 cm³/mol. The van der Waals surface area contributed by atoms with Gasteiger partial charge in [-0.2, -0.15) is 0 Å². The molecule has 3 nitrogen and oxygen atoms in total. The molecule has 0 spiro atoms. The van der Waals surface area contributed by atoms with Crippen molar-refractivity contribution in [2.75, 3.05) is 18.8 Å². The molecule has 1 fully saturated rings. The van der Waals surface area contributed by atoms with Crippen LogP contribution in [0.15, 0.2) is 0 Å². The lowest BCUT2D eigenvalue weighted by atomic mass is 10.0. The molecule has 0 aromatic heterocycles. The maximum absolute atomic E-state index is 12.0. The standard InChI is InChI=1S/C12H21NO2S/c1-6-11(2,3)13-8-7-12(4,5)16(14,15)10-9-13/h1H,7-10H2,2-5H3. The van der Waals surface area contributed by atoms with Crippen LogP contribution in [0, 0.1) is 12.3 Å². The fraction of sp³-hybridized carbons (Fsp3) is 0.833. The first-order valence-electron chi connectivity index (χ1n) is 5.57. The summed E-state index contributed by atoms with van der Waals surface area (Å²) in [6.07, 6.45) is 6.12. The highest BCUT2D eigenvalue weighted by molar-refractivity contribution is 7.92. The second-order valence-electron chi connectivity index (χ2n) is 5.52. The lowest BCUT2D eigenvalue weighted by Crippen LogP contribution is -2.44. The van der Waals surface area contributed by atoms with Gasteiger partial charge in [-0.15, -0.1) is 6.42 Å². The van der Waals surface area contributed by atoms with Gasteiger partial charge >= 0.3 is 0 Å². The molecule has 0 radical (unpaired) electrons. The molecule has 1 aliphatic heterocycles. The van der Waals surface area contributed by atoms with Gasteiger partial charge < -0.3 is 0 Å². The molecule has 0 bridgehead atoms. The Morgan fingerprint density at radius 2 is 1.88 bits per heavy atom. The molecule has 0 aromatic rings. The van der Waals surface area contributed by atoms with Crippen molar-refractivity contribution in [1.82, 2.24) is 4.90 Å². The van der Waals surface area contributed by atoms with Gasteiger partial charge in [-0.1, -0.05) is 5.92 Å². The van der Waals surface area contributed by atoms with Crippen molar-refractivity contribution in [2.24, 2.45) is 0 Å². The van der Waals surface area contributed by atoms with E-state index in [2.05, 4.69) is 10.8 Å². The summed E-state index contributed by atoms with van der Waals surface area (Å²) in [6, 6.07) is 0. The van der Waals surface area contributed by atoms with Crippen LogP contribution in [0.4, 0.5) is 0 Å². The molecule has 1 saturated heterocycles. The van der Waals surface area contributed by atoms with Crippen LogP contribution >= 0.6 is 0 Å². The third-order valence-electron chi connectivity index (χ3n) is 3.60. The zero-order valence-corrected chi connectivity index (χ0v) is 11.4. The van der Waals surface area contributed by atoms with E-state index in [1.54, 1.807) is 13.8 Å². The zero-order valence-electron chi connectivity index (χ0n) is 10.6. The van der Waals surface area contributed by atoms with Crippen LogP contribution in [0.1, 0.15) is 34.1 Å². The molecule has 1 heterocycles. The first-order valence-corrected chi connectivity index (χ1v) is 7.23. The zero-order chi connectivity index (χ0) is 12.6. The number of terminal acetylenes is 1. The first-order chi connectivity index (χ1) is 7.12. The number of sulfone groups is 1. The maximum Gasteiger partial charge on any atom is 0.156 e. The largest absolute Gasteiger partial charge is 0.287 e. The Kier molecular flexibility index (Phi) is 3.42. The molecule has 0 amide bonds. The maximum atomic E-state index is 12.0. The Balaban J connectivity index is 2.94. The molecule has 1 aliphatic rings. The van der Waals surface area contributed by atoms with Crippen molar-refractivity contribution in [3.8, 4) is 12.3 Å². The van der Waals surface area contributed by atoms with Gasteiger partial charge in [0.15, 0.2) is 9.84 Å². The van der Waals surface area contributed by atoms with Crippen molar-refractivity contribution in [3.05, 3.63) is 0 Å². The smallest absolute Gasteiger partial charge is 0.156 e. The van der Waals surface area contributed by atoms with Gasteiger partial charge in [0.1, 0.15) is 0 Å². The molecule has 0 aromatic carbocycles. The number of hydrogen-bond donors (Lipinski definition) is 0. The molecule has 0 saturated carbocycles. The average Bonchev–Trinajstić information content (AvgIpc) is 2.25. The second kappa shape index (κ2) is 4.05. The lowest BCUT2D eigenvalue weighted by molar-refractivity contribution is 0.178. The number of rotatable bonds is 1. The van der Waals surface area contributed by atoms with Gasteiger partial charge in [-0.3, -0.25) is 4.90 Å². The summed E-state index contributed by atoms with van der Waals surface area (Å²) in [5, 5.41) is 0. The van der Waals surface area contributed by atoms with Crippen LogP contribution < -0.4 is 0 Å². The summed E-state index contributed by atoms with van der Waals surface area (Å²) >= 11 is 0. The topological polar surface area (TPSA) is 37.4 Å². The molecule has 0 atom stereocenters. The van der Waals surface area contributed by atoms with Crippen molar-refractivity contribution in [3.63, 3.8) is 0 Å². The molecule has 4 heteroatoms. The Bertz CT molecular complexity index is 401. The van der Waals surface area contributed by atoms with E-state index in [0.29, 0.717) is 13.0 Å². The third-order valence-corrected chi connectivity index (χ3v) is 6.21. The summed E-state index contributed by atoms with van der Waals surface area (Å²) in [6.45, 7) is 8.78. The molecular formula is C12H21NO2S. The van der Waals surface area contributed by atoms with E-state index in [0.717, 1.165) is 6.54 Å². The number of nitrogens with zero attached hydrogens (tertiary/aromatic N) is 1. The van der Waals surface area contributed by atoms with E-state index < -0.39 is 14.6 Å². The van der Waals surface area contributed by atoms with Crippen molar-refractivity contribution in [1.29, 1.82) is 0 Å². The Labute approximate surface area is 99.1 Å². The molecule has 92 valence electrons. The van der Waals surface area contributed by atoms with Gasteiger partial charge in [0.2, 0.25) is 0 Å². The highest BCUT2D eigenvalue weighted by atomic mass is 32.2. The molecule has 0 unspecified atom stereocenters. The monoisotopic (exact) mass is 243 g/mol. The fourth-order valence-electron chi connectivity index (χ4n) is 1.83. The Morgan fingerprint density at radius 1 is 1.31 bits per heavy atom. The van der Waals surface area contributed by atoms with E-state index in [1.165, 1.54) is 0 Å². The molecule has 0 N–H and O–H groups in total. The minimum absolute atomic E-state index is 0.200. The van der Waals surface area contributed by atoms with Gasteiger partial charge in [0, 0.05) is 13.1 Å². The summed E-state index contributed by atoms with van der Waals surface area (Å²) in [7, 11) is -3.01. The SMILES string of the molecule is C#CC(C)(C)N1CCC(C)(C)S(=O)(=O)CC1. The van der Waals surface area contributed by atoms with Crippen LogP contribution in [0.5, 0.6) is 0 Å². The van der Waals surface area contributed by atoms with Crippen LogP contribution in [-0.2, 0) is 9.84 Å². The first kappa shape index (κ1) is 13.5. The lowest BCUT2D eigenvalue weighted by Gasteiger charge is -2.33. The van der Waals surface area contributed by atoms with Gasteiger partial charge in [-0.25, -0.2) is 8.42 Å². The third kappa shape index (κ3) is 2.41. The molecule has 0 aliphatic carbocycles. The van der Waals surface area contributed by atoms with E-state index in [4.69, 9.17) is 6.42 Å². The molecule has 16 heavy (non-hydrogen) atoms. The van der Waals surface area contributed by atoms with Crippen LogP contribution in [0.3, 0.4) is 0 Å².